The third-order valence-corrected chi connectivity index (χ3v) is 3.10. The first kappa shape index (κ1) is 14.0. The van der Waals surface area contributed by atoms with E-state index in [1.807, 2.05) is 13.8 Å². The highest BCUT2D eigenvalue weighted by Gasteiger charge is 2.35. The molecule has 1 fully saturated rings. The van der Waals surface area contributed by atoms with Gasteiger partial charge < -0.3 is 14.7 Å². The normalized spacial score (nSPS) is 25.8. The minimum Gasteiger partial charge on any atom is -0.481 e. The maximum absolute atomic E-state index is 12.1. The van der Waals surface area contributed by atoms with Crippen LogP contribution in [-0.2, 0) is 14.3 Å². The molecule has 1 heterocycles. The summed E-state index contributed by atoms with van der Waals surface area (Å²) in [4.78, 5) is 24.8. The summed E-state index contributed by atoms with van der Waals surface area (Å²) in [5.41, 5.74) is -1.02. The molecule has 17 heavy (non-hydrogen) atoms. The van der Waals surface area contributed by atoms with Gasteiger partial charge in [-0.1, -0.05) is 0 Å². The largest absolute Gasteiger partial charge is 0.481 e. The SMILES string of the molecule is CC1CN(C(=O)CC(C)(C)C(=O)O)C(C)CO1. The van der Waals surface area contributed by atoms with Gasteiger partial charge in [-0.2, -0.15) is 0 Å². The van der Waals surface area contributed by atoms with E-state index < -0.39 is 11.4 Å². The number of carboxylic acid groups (broad SMARTS) is 1. The predicted octanol–water partition coefficient (Wildman–Crippen LogP) is 1.12. The lowest BCUT2D eigenvalue weighted by atomic mass is 9.88. The van der Waals surface area contributed by atoms with Gasteiger partial charge in [0, 0.05) is 13.0 Å². The zero-order valence-electron chi connectivity index (χ0n) is 10.9. The molecule has 1 rings (SSSR count). The highest BCUT2D eigenvalue weighted by molar-refractivity contribution is 5.84. The molecule has 1 aliphatic rings. The van der Waals surface area contributed by atoms with Crippen LogP contribution in [0, 0.1) is 5.41 Å². The van der Waals surface area contributed by atoms with Gasteiger partial charge >= 0.3 is 5.97 Å². The number of ether oxygens (including phenoxy) is 1. The summed E-state index contributed by atoms with van der Waals surface area (Å²) in [7, 11) is 0. The smallest absolute Gasteiger partial charge is 0.309 e. The third-order valence-electron chi connectivity index (χ3n) is 3.10. The molecule has 0 saturated carbocycles. The first-order valence-electron chi connectivity index (χ1n) is 5.88. The van der Waals surface area contributed by atoms with Crippen molar-refractivity contribution in [1.29, 1.82) is 0 Å². The van der Waals surface area contributed by atoms with Crippen LogP contribution >= 0.6 is 0 Å². The van der Waals surface area contributed by atoms with E-state index in [2.05, 4.69) is 0 Å². The van der Waals surface area contributed by atoms with E-state index in [4.69, 9.17) is 9.84 Å². The number of carbonyl (C=O) groups is 2. The van der Waals surface area contributed by atoms with Gasteiger partial charge in [0.15, 0.2) is 0 Å². The van der Waals surface area contributed by atoms with Crippen LogP contribution in [-0.4, -0.2) is 47.2 Å². The average Bonchev–Trinajstić information content (AvgIpc) is 2.20. The maximum Gasteiger partial charge on any atom is 0.309 e. The van der Waals surface area contributed by atoms with Gasteiger partial charge in [0.1, 0.15) is 0 Å². The van der Waals surface area contributed by atoms with E-state index in [1.54, 1.807) is 18.7 Å². The van der Waals surface area contributed by atoms with Gasteiger partial charge in [0.05, 0.1) is 24.2 Å². The highest BCUT2D eigenvalue weighted by atomic mass is 16.5. The molecule has 1 saturated heterocycles. The number of carbonyl (C=O) groups excluding carboxylic acids is 1. The van der Waals surface area contributed by atoms with Crippen molar-refractivity contribution in [3.8, 4) is 0 Å². The standard InChI is InChI=1S/C12H21NO4/c1-8-7-17-9(2)6-13(8)10(14)5-12(3,4)11(15)16/h8-9H,5-7H2,1-4H3,(H,15,16). The Labute approximate surface area is 102 Å². The van der Waals surface area contributed by atoms with Crippen molar-refractivity contribution in [2.45, 2.75) is 46.3 Å². The minimum absolute atomic E-state index is 0.0168. The van der Waals surface area contributed by atoms with Crippen molar-refractivity contribution in [2.75, 3.05) is 13.2 Å². The second kappa shape index (κ2) is 5.04. The Balaban J connectivity index is 2.66. The summed E-state index contributed by atoms with van der Waals surface area (Å²) in [6.45, 7) is 8.02. The molecular formula is C12H21NO4. The van der Waals surface area contributed by atoms with Crippen LogP contribution in [0.2, 0.25) is 0 Å². The molecule has 0 bridgehead atoms. The molecule has 0 aromatic carbocycles. The molecule has 2 unspecified atom stereocenters. The first-order chi connectivity index (χ1) is 7.74. The molecular weight excluding hydrogens is 222 g/mol. The second-order valence-electron chi connectivity index (χ2n) is 5.40. The van der Waals surface area contributed by atoms with Gasteiger partial charge in [-0.15, -0.1) is 0 Å². The summed E-state index contributed by atoms with van der Waals surface area (Å²) in [6.07, 6.45) is 0.0439. The lowest BCUT2D eigenvalue weighted by molar-refractivity contribution is -0.155. The molecule has 1 amide bonds. The van der Waals surface area contributed by atoms with E-state index in [9.17, 15) is 9.59 Å². The first-order valence-corrected chi connectivity index (χ1v) is 5.88. The molecule has 0 aliphatic carbocycles. The molecule has 0 aromatic heterocycles. The number of nitrogens with zero attached hydrogens (tertiary/aromatic N) is 1. The Bertz CT molecular complexity index is 314. The molecule has 98 valence electrons. The Morgan fingerprint density at radius 3 is 2.53 bits per heavy atom. The predicted molar refractivity (Wildman–Crippen MR) is 62.6 cm³/mol. The summed E-state index contributed by atoms with van der Waals surface area (Å²) < 4.78 is 5.44. The van der Waals surface area contributed by atoms with E-state index in [1.165, 1.54) is 0 Å². The van der Waals surface area contributed by atoms with Crippen molar-refractivity contribution in [3.05, 3.63) is 0 Å². The van der Waals surface area contributed by atoms with Crippen LogP contribution in [0.25, 0.3) is 0 Å². The highest BCUT2D eigenvalue weighted by Crippen LogP contribution is 2.23. The fourth-order valence-electron chi connectivity index (χ4n) is 1.81. The Kier molecular flexibility index (Phi) is 4.14. The summed E-state index contributed by atoms with van der Waals surface area (Å²) in [5, 5.41) is 9.01. The van der Waals surface area contributed by atoms with Crippen molar-refractivity contribution in [3.63, 3.8) is 0 Å². The van der Waals surface area contributed by atoms with Gasteiger partial charge in [-0.3, -0.25) is 9.59 Å². The maximum atomic E-state index is 12.1. The minimum atomic E-state index is -1.02. The fourth-order valence-corrected chi connectivity index (χ4v) is 1.81. The molecule has 2 atom stereocenters. The number of amides is 1. The Hall–Kier alpha value is -1.10. The number of carboxylic acids is 1. The monoisotopic (exact) mass is 243 g/mol. The number of morpholine rings is 1. The van der Waals surface area contributed by atoms with E-state index in [0.29, 0.717) is 13.2 Å². The van der Waals surface area contributed by atoms with Crippen molar-refractivity contribution >= 4 is 11.9 Å². The summed E-state index contributed by atoms with van der Waals surface area (Å²) in [5.74, 6) is -1.06. The number of aliphatic carboxylic acids is 1. The molecule has 0 radical (unpaired) electrons. The van der Waals surface area contributed by atoms with Crippen LogP contribution in [0.15, 0.2) is 0 Å². The van der Waals surface area contributed by atoms with Crippen LogP contribution in [0.3, 0.4) is 0 Å². The quantitative estimate of drug-likeness (QED) is 0.806. The van der Waals surface area contributed by atoms with Crippen LogP contribution in [0.4, 0.5) is 0 Å². The molecule has 5 heteroatoms. The van der Waals surface area contributed by atoms with Crippen molar-refractivity contribution in [2.24, 2.45) is 5.41 Å². The van der Waals surface area contributed by atoms with Crippen LogP contribution in [0.5, 0.6) is 0 Å². The number of hydrogen-bond donors (Lipinski definition) is 1. The topological polar surface area (TPSA) is 66.8 Å². The Morgan fingerprint density at radius 1 is 1.41 bits per heavy atom. The lowest BCUT2D eigenvalue weighted by Crippen LogP contribution is -2.51. The van der Waals surface area contributed by atoms with Crippen molar-refractivity contribution < 1.29 is 19.4 Å². The average molecular weight is 243 g/mol. The number of rotatable bonds is 3. The molecule has 1 N–H and O–H groups in total. The van der Waals surface area contributed by atoms with Gasteiger partial charge in [-0.25, -0.2) is 0 Å². The van der Waals surface area contributed by atoms with Gasteiger partial charge in [-0.05, 0) is 27.7 Å². The van der Waals surface area contributed by atoms with E-state index in [-0.39, 0.29) is 24.5 Å². The van der Waals surface area contributed by atoms with Crippen molar-refractivity contribution in [1.82, 2.24) is 4.90 Å². The van der Waals surface area contributed by atoms with E-state index >= 15 is 0 Å². The second-order valence-corrected chi connectivity index (χ2v) is 5.40. The van der Waals surface area contributed by atoms with Gasteiger partial charge in [0.2, 0.25) is 5.91 Å². The molecule has 5 nitrogen and oxygen atoms in total. The molecule has 0 spiro atoms. The molecule has 0 aromatic rings. The molecule has 1 aliphatic heterocycles. The third kappa shape index (κ3) is 3.43. The van der Waals surface area contributed by atoms with Gasteiger partial charge in [0.25, 0.3) is 0 Å². The summed E-state index contributed by atoms with van der Waals surface area (Å²) >= 11 is 0. The fraction of sp³-hybridized carbons (Fsp3) is 0.833. The number of hydrogen-bond acceptors (Lipinski definition) is 3. The lowest BCUT2D eigenvalue weighted by Gasteiger charge is -2.38. The Morgan fingerprint density at radius 2 is 2.00 bits per heavy atom. The zero-order chi connectivity index (χ0) is 13.2. The summed E-state index contributed by atoms with van der Waals surface area (Å²) in [6, 6.07) is 0.0169. The van der Waals surface area contributed by atoms with Crippen LogP contribution in [0.1, 0.15) is 34.1 Å². The van der Waals surface area contributed by atoms with Crippen LogP contribution < -0.4 is 0 Å². The zero-order valence-corrected chi connectivity index (χ0v) is 10.9. The van der Waals surface area contributed by atoms with E-state index in [0.717, 1.165) is 0 Å².